The molecule has 0 atom stereocenters. The van der Waals surface area contributed by atoms with Crippen LogP contribution in [0.3, 0.4) is 0 Å². The number of tetrazole rings is 1. The van der Waals surface area contributed by atoms with E-state index in [0.29, 0.717) is 12.4 Å². The van der Waals surface area contributed by atoms with Gasteiger partial charge in [0.1, 0.15) is 12.4 Å². The fraction of sp³-hybridized carbons (Fsp3) is 0.0714. The third-order valence-electron chi connectivity index (χ3n) is 2.66. The van der Waals surface area contributed by atoms with Crippen LogP contribution in [0.1, 0.15) is 5.56 Å². The van der Waals surface area contributed by atoms with E-state index >= 15 is 0 Å². The number of rotatable bonds is 4. The van der Waals surface area contributed by atoms with E-state index in [4.69, 9.17) is 4.74 Å². The van der Waals surface area contributed by atoms with Crippen LogP contribution in [-0.2, 0) is 6.61 Å². The molecular weight excluding hydrogens is 240 g/mol. The van der Waals surface area contributed by atoms with E-state index in [1.807, 2.05) is 54.6 Å². The Bertz CT molecular complexity index is 638. The third-order valence-corrected chi connectivity index (χ3v) is 2.66. The molecule has 3 aromatic rings. The normalized spacial score (nSPS) is 10.3. The molecule has 3 rings (SSSR count). The van der Waals surface area contributed by atoms with Crippen molar-refractivity contribution in [2.75, 3.05) is 0 Å². The Morgan fingerprint density at radius 2 is 1.89 bits per heavy atom. The molecule has 1 heterocycles. The minimum atomic E-state index is 0.505. The number of ether oxygens (including phenoxy) is 1. The van der Waals surface area contributed by atoms with Crippen LogP contribution in [-0.4, -0.2) is 15.5 Å². The summed E-state index contributed by atoms with van der Waals surface area (Å²) in [5.41, 5.74) is 1.97. The molecule has 0 aliphatic carbocycles. The van der Waals surface area contributed by atoms with Crippen LogP contribution in [0.25, 0.3) is 11.4 Å². The van der Waals surface area contributed by atoms with Gasteiger partial charge in [-0.25, -0.2) is 0 Å². The topological polar surface area (TPSA) is 62.0 Å². The average Bonchev–Trinajstić information content (AvgIpc) is 3.01. The van der Waals surface area contributed by atoms with Crippen LogP contribution >= 0.6 is 0 Å². The molecule has 0 radical (unpaired) electrons. The molecule has 0 saturated carbocycles. The molecule has 0 unspecified atom stereocenters. The quantitative estimate of drug-likeness (QED) is 0.710. The first-order valence-electron chi connectivity index (χ1n) is 5.88. The van der Waals surface area contributed by atoms with Crippen molar-refractivity contribution >= 4 is 0 Å². The van der Waals surface area contributed by atoms with Gasteiger partial charge in [-0.15, -0.1) is 0 Å². The molecule has 0 aliphatic rings. The molecule has 0 bridgehead atoms. The molecule has 2 aromatic carbocycles. The van der Waals surface area contributed by atoms with Crippen LogP contribution in [0.5, 0.6) is 5.75 Å². The summed E-state index contributed by atoms with van der Waals surface area (Å²) in [5.74, 6) is 1.27. The third kappa shape index (κ3) is 2.77. The van der Waals surface area contributed by atoms with Crippen LogP contribution < -0.4 is 9.84 Å². The minimum absolute atomic E-state index is 0.505. The first kappa shape index (κ1) is 11.4. The molecule has 0 spiro atoms. The molecule has 5 heteroatoms. The highest BCUT2D eigenvalue weighted by Crippen LogP contribution is 2.20. The van der Waals surface area contributed by atoms with Crippen LogP contribution in [0.4, 0.5) is 0 Å². The van der Waals surface area contributed by atoms with E-state index in [2.05, 4.69) is 20.6 Å². The lowest BCUT2D eigenvalue weighted by Crippen LogP contribution is -1.95. The van der Waals surface area contributed by atoms with E-state index in [1.165, 1.54) is 0 Å². The van der Waals surface area contributed by atoms with Gasteiger partial charge in [-0.2, -0.15) is 5.21 Å². The fourth-order valence-corrected chi connectivity index (χ4v) is 1.73. The van der Waals surface area contributed by atoms with Gasteiger partial charge in [0.05, 0.1) is 0 Å². The predicted octanol–water partition coefficient (Wildman–Crippen LogP) is 2.07. The average molecular weight is 251 g/mol. The van der Waals surface area contributed by atoms with E-state index in [9.17, 15) is 0 Å². The SMILES string of the molecule is c1ccc(COc2cccc(-c3nnn[n-]3)c2)cc1. The number of nitrogens with zero attached hydrogens (tertiary/aromatic N) is 4. The molecule has 94 valence electrons. The maximum atomic E-state index is 5.73. The Kier molecular flexibility index (Phi) is 3.18. The monoisotopic (exact) mass is 251 g/mol. The lowest BCUT2D eigenvalue weighted by atomic mass is 10.2. The highest BCUT2D eigenvalue weighted by Gasteiger charge is 1.99. The second-order valence-electron chi connectivity index (χ2n) is 4.00. The fourth-order valence-electron chi connectivity index (χ4n) is 1.73. The second kappa shape index (κ2) is 5.30. The standard InChI is InChI=1S/C14H11N4O/c1-2-5-11(6-3-1)10-19-13-8-4-7-12(9-13)14-15-17-18-16-14/h1-9H,10H2/q-1. The number of hydrogen-bond donors (Lipinski definition) is 0. The molecule has 0 N–H and O–H groups in total. The Balaban J connectivity index is 1.74. The Morgan fingerprint density at radius 3 is 2.68 bits per heavy atom. The zero-order valence-corrected chi connectivity index (χ0v) is 10.1. The largest absolute Gasteiger partial charge is 0.489 e. The van der Waals surface area contributed by atoms with Crippen molar-refractivity contribution in [1.29, 1.82) is 0 Å². The second-order valence-corrected chi connectivity index (χ2v) is 4.00. The van der Waals surface area contributed by atoms with Crippen LogP contribution in [0.15, 0.2) is 54.6 Å². The minimum Gasteiger partial charge on any atom is -0.489 e. The summed E-state index contributed by atoms with van der Waals surface area (Å²) in [6, 6.07) is 17.6. The van der Waals surface area contributed by atoms with Crippen molar-refractivity contribution in [3.63, 3.8) is 0 Å². The molecule has 0 aliphatic heterocycles. The summed E-state index contributed by atoms with van der Waals surface area (Å²) in [6.45, 7) is 0.530. The van der Waals surface area contributed by atoms with E-state index in [-0.39, 0.29) is 0 Å². The lowest BCUT2D eigenvalue weighted by Gasteiger charge is -2.08. The zero-order chi connectivity index (χ0) is 12.9. The molecule has 0 saturated heterocycles. The number of benzene rings is 2. The van der Waals surface area contributed by atoms with Crippen LogP contribution in [0, 0.1) is 0 Å². The van der Waals surface area contributed by atoms with E-state index in [0.717, 1.165) is 16.9 Å². The van der Waals surface area contributed by atoms with Crippen LogP contribution in [0.2, 0.25) is 0 Å². The highest BCUT2D eigenvalue weighted by atomic mass is 16.5. The summed E-state index contributed by atoms with van der Waals surface area (Å²) in [7, 11) is 0. The molecule has 19 heavy (non-hydrogen) atoms. The van der Waals surface area contributed by atoms with Gasteiger partial charge in [0, 0.05) is 5.82 Å². The molecule has 1 aromatic heterocycles. The first-order valence-corrected chi connectivity index (χ1v) is 5.88. The van der Waals surface area contributed by atoms with Gasteiger partial charge < -0.3 is 9.84 Å². The number of hydrogen-bond acceptors (Lipinski definition) is 4. The maximum Gasteiger partial charge on any atom is 0.120 e. The van der Waals surface area contributed by atoms with Gasteiger partial charge in [0.25, 0.3) is 0 Å². The van der Waals surface area contributed by atoms with Crippen molar-refractivity contribution in [2.45, 2.75) is 6.61 Å². The van der Waals surface area contributed by atoms with Gasteiger partial charge >= 0.3 is 0 Å². The Labute approximate surface area is 110 Å². The lowest BCUT2D eigenvalue weighted by molar-refractivity contribution is 0.306. The molecule has 0 fully saturated rings. The van der Waals surface area contributed by atoms with Gasteiger partial charge in [0.15, 0.2) is 0 Å². The zero-order valence-electron chi connectivity index (χ0n) is 10.1. The van der Waals surface area contributed by atoms with Crippen molar-refractivity contribution in [2.24, 2.45) is 0 Å². The first-order chi connectivity index (χ1) is 9.42. The van der Waals surface area contributed by atoms with Crippen molar-refractivity contribution < 1.29 is 4.74 Å². The Hall–Kier alpha value is -2.69. The maximum absolute atomic E-state index is 5.73. The predicted molar refractivity (Wildman–Crippen MR) is 69.4 cm³/mol. The summed E-state index contributed by atoms with van der Waals surface area (Å²) in [4.78, 5) is 0. The van der Waals surface area contributed by atoms with Gasteiger partial charge in [-0.3, -0.25) is 10.3 Å². The van der Waals surface area contributed by atoms with Gasteiger partial charge in [-0.05, 0) is 23.3 Å². The smallest absolute Gasteiger partial charge is 0.120 e. The highest BCUT2D eigenvalue weighted by molar-refractivity contribution is 5.56. The summed E-state index contributed by atoms with van der Waals surface area (Å²) in [6.07, 6.45) is 0. The van der Waals surface area contributed by atoms with Crippen molar-refractivity contribution in [3.8, 4) is 17.1 Å². The van der Waals surface area contributed by atoms with Crippen molar-refractivity contribution in [1.82, 2.24) is 20.6 Å². The van der Waals surface area contributed by atoms with Crippen molar-refractivity contribution in [3.05, 3.63) is 60.2 Å². The molecule has 0 amide bonds. The Morgan fingerprint density at radius 1 is 1.00 bits per heavy atom. The van der Waals surface area contributed by atoms with Gasteiger partial charge in [0.2, 0.25) is 0 Å². The van der Waals surface area contributed by atoms with E-state index in [1.54, 1.807) is 0 Å². The summed E-state index contributed by atoms with van der Waals surface area (Å²) < 4.78 is 5.73. The number of aromatic nitrogens is 4. The molecular formula is C14H11N4O-. The summed E-state index contributed by atoms with van der Waals surface area (Å²) in [5, 5.41) is 14.6. The van der Waals surface area contributed by atoms with Gasteiger partial charge in [-0.1, -0.05) is 42.5 Å². The molecule has 5 nitrogen and oxygen atoms in total. The summed E-state index contributed by atoms with van der Waals surface area (Å²) >= 11 is 0. The van der Waals surface area contributed by atoms with E-state index < -0.39 is 0 Å².